The van der Waals surface area contributed by atoms with Gasteiger partial charge >= 0.3 is 0 Å². The van der Waals surface area contributed by atoms with Crippen LogP contribution < -0.4 is 0 Å². The predicted octanol–water partition coefficient (Wildman–Crippen LogP) is 4.37. The number of likely N-dealkylation sites (tertiary alicyclic amines) is 1. The van der Waals surface area contributed by atoms with E-state index in [9.17, 15) is 13.2 Å². The van der Waals surface area contributed by atoms with Gasteiger partial charge in [-0.05, 0) is 57.3 Å². The van der Waals surface area contributed by atoms with Crippen LogP contribution in [0, 0.1) is 5.92 Å². The van der Waals surface area contributed by atoms with Gasteiger partial charge in [-0.1, -0.05) is 19.4 Å². The van der Waals surface area contributed by atoms with Crippen molar-refractivity contribution in [1.82, 2.24) is 14.2 Å². The highest BCUT2D eigenvalue weighted by Gasteiger charge is 2.33. The average molecular weight is 452 g/mol. The van der Waals surface area contributed by atoms with Crippen molar-refractivity contribution in [3.63, 3.8) is 0 Å². The Bertz CT molecular complexity index is 885. The van der Waals surface area contributed by atoms with Crippen molar-refractivity contribution in [2.75, 3.05) is 25.4 Å². The van der Waals surface area contributed by atoms with Crippen molar-refractivity contribution >= 4 is 27.3 Å². The molecule has 6 nitrogen and oxygen atoms in total. The van der Waals surface area contributed by atoms with Crippen LogP contribution in [0.2, 0.25) is 0 Å². The minimum Gasteiger partial charge on any atom is -0.311 e. The fourth-order valence-electron chi connectivity index (χ4n) is 4.94. The van der Waals surface area contributed by atoms with Gasteiger partial charge in [0, 0.05) is 36.6 Å². The van der Waals surface area contributed by atoms with Crippen molar-refractivity contribution < 1.29 is 13.2 Å². The van der Waals surface area contributed by atoms with Crippen molar-refractivity contribution in [2.24, 2.45) is 5.92 Å². The van der Waals surface area contributed by atoms with Gasteiger partial charge < -0.3 is 4.90 Å². The second-order valence-electron chi connectivity index (χ2n) is 8.77. The lowest BCUT2D eigenvalue weighted by molar-refractivity contribution is 0.0743. The summed E-state index contributed by atoms with van der Waals surface area (Å²) in [6.45, 7) is 3.92. The third kappa shape index (κ3) is 4.65. The van der Waals surface area contributed by atoms with Gasteiger partial charge in [-0.2, -0.15) is 0 Å². The van der Waals surface area contributed by atoms with Crippen LogP contribution in [0.5, 0.6) is 0 Å². The number of rotatable bonds is 6. The molecule has 166 valence electrons. The van der Waals surface area contributed by atoms with Gasteiger partial charge in [0.25, 0.3) is 5.91 Å². The lowest BCUT2D eigenvalue weighted by atomic mass is 9.85. The molecule has 1 aliphatic carbocycles. The number of carbonyl (C=O) groups excluding carboxylic acids is 1. The minimum atomic E-state index is -3.14. The standard InChI is InChI=1S/C22H33N3O3S2/c1-2-3-15-30(27,28)24-13-10-18(11-14-24)21-23-19(16-29-21)22(26)25-12-6-8-17-7-4-5-9-20(17)25/h9,16-18H,2-8,10-15H2,1H3. The van der Waals surface area contributed by atoms with E-state index in [0.29, 0.717) is 31.1 Å². The zero-order valence-corrected chi connectivity index (χ0v) is 19.5. The Balaban J connectivity index is 1.39. The summed E-state index contributed by atoms with van der Waals surface area (Å²) < 4.78 is 26.5. The average Bonchev–Trinajstić information content (AvgIpc) is 3.27. The van der Waals surface area contributed by atoms with E-state index in [1.54, 1.807) is 15.6 Å². The van der Waals surface area contributed by atoms with Gasteiger partial charge in [0.15, 0.2) is 0 Å². The molecule has 2 fully saturated rings. The number of hydrogen-bond acceptors (Lipinski definition) is 5. The highest BCUT2D eigenvalue weighted by atomic mass is 32.2. The molecule has 8 heteroatoms. The number of carbonyl (C=O) groups is 1. The van der Waals surface area contributed by atoms with Gasteiger partial charge in [-0.25, -0.2) is 17.7 Å². The first-order chi connectivity index (χ1) is 14.5. The Morgan fingerprint density at radius 2 is 1.90 bits per heavy atom. The second kappa shape index (κ2) is 9.49. The Labute approximate surface area is 184 Å². The number of unbranched alkanes of at least 4 members (excludes halogenated alkanes) is 1. The van der Waals surface area contributed by atoms with Crippen molar-refractivity contribution in [3.05, 3.63) is 27.9 Å². The van der Waals surface area contributed by atoms with Crippen LogP contribution >= 0.6 is 11.3 Å². The van der Waals surface area contributed by atoms with Gasteiger partial charge in [0.05, 0.1) is 10.8 Å². The summed E-state index contributed by atoms with van der Waals surface area (Å²) >= 11 is 1.55. The highest BCUT2D eigenvalue weighted by molar-refractivity contribution is 7.89. The number of nitrogens with zero attached hydrogens (tertiary/aromatic N) is 3. The van der Waals surface area contributed by atoms with Crippen molar-refractivity contribution in [2.45, 2.75) is 70.6 Å². The molecule has 0 radical (unpaired) electrons. The number of sulfonamides is 1. The molecule has 4 rings (SSSR count). The molecule has 0 aromatic carbocycles. The second-order valence-corrected chi connectivity index (χ2v) is 11.7. The quantitative estimate of drug-likeness (QED) is 0.644. The van der Waals surface area contributed by atoms with Gasteiger partial charge in [0.1, 0.15) is 5.69 Å². The lowest BCUT2D eigenvalue weighted by Crippen LogP contribution is -2.39. The number of allylic oxidation sites excluding steroid dienone is 2. The molecule has 30 heavy (non-hydrogen) atoms. The van der Waals surface area contributed by atoms with Crippen LogP contribution in [0.1, 0.15) is 86.1 Å². The lowest BCUT2D eigenvalue weighted by Gasteiger charge is -2.37. The molecular weight excluding hydrogens is 418 g/mol. The molecule has 0 spiro atoms. The molecule has 0 saturated carbocycles. The molecule has 3 heterocycles. The molecule has 1 amide bonds. The Hall–Kier alpha value is -1.25. The first kappa shape index (κ1) is 22.0. The van der Waals surface area contributed by atoms with Crippen LogP contribution in [0.25, 0.3) is 0 Å². The molecule has 2 aliphatic heterocycles. The van der Waals surface area contributed by atoms with E-state index in [4.69, 9.17) is 4.98 Å². The fourth-order valence-corrected chi connectivity index (χ4v) is 7.59. The van der Waals surface area contributed by atoms with Crippen LogP contribution in [-0.2, 0) is 10.0 Å². The normalized spacial score (nSPS) is 23.8. The molecule has 2 saturated heterocycles. The fraction of sp³-hybridized carbons (Fsp3) is 0.727. The molecule has 3 aliphatic rings. The summed E-state index contributed by atoms with van der Waals surface area (Å²) in [7, 11) is -3.14. The van der Waals surface area contributed by atoms with E-state index in [-0.39, 0.29) is 17.6 Å². The largest absolute Gasteiger partial charge is 0.311 e. The maximum Gasteiger partial charge on any atom is 0.277 e. The van der Waals surface area contributed by atoms with E-state index in [1.807, 2.05) is 17.2 Å². The monoisotopic (exact) mass is 451 g/mol. The molecule has 1 unspecified atom stereocenters. The summed E-state index contributed by atoms with van der Waals surface area (Å²) in [5, 5.41) is 2.88. The Morgan fingerprint density at radius 1 is 1.13 bits per heavy atom. The third-order valence-electron chi connectivity index (χ3n) is 6.71. The smallest absolute Gasteiger partial charge is 0.277 e. The Kier molecular flexibility index (Phi) is 6.95. The number of thiazole rings is 1. The number of fused-ring (bicyclic) bond motifs is 1. The predicted molar refractivity (Wildman–Crippen MR) is 120 cm³/mol. The first-order valence-corrected chi connectivity index (χ1v) is 13.9. The van der Waals surface area contributed by atoms with Crippen molar-refractivity contribution in [1.29, 1.82) is 0 Å². The summed E-state index contributed by atoms with van der Waals surface area (Å²) in [4.78, 5) is 19.9. The van der Waals surface area contributed by atoms with Gasteiger partial charge in [-0.3, -0.25) is 4.79 Å². The van der Waals surface area contributed by atoms with E-state index >= 15 is 0 Å². The zero-order valence-electron chi connectivity index (χ0n) is 17.9. The van der Waals surface area contributed by atoms with E-state index in [0.717, 1.165) is 43.7 Å². The summed E-state index contributed by atoms with van der Waals surface area (Å²) in [5.41, 5.74) is 1.78. The summed E-state index contributed by atoms with van der Waals surface area (Å²) in [6.07, 6.45) is 11.2. The topological polar surface area (TPSA) is 70.6 Å². The summed E-state index contributed by atoms with van der Waals surface area (Å²) in [6, 6.07) is 0. The number of aromatic nitrogens is 1. The molecular formula is C22H33N3O3S2. The SMILES string of the molecule is CCCCS(=O)(=O)N1CCC(c2nc(C(=O)N3CCCC4CCCC=C43)cs2)CC1. The van der Waals surface area contributed by atoms with Crippen molar-refractivity contribution in [3.8, 4) is 0 Å². The minimum absolute atomic E-state index is 0.0370. The highest BCUT2D eigenvalue weighted by Crippen LogP contribution is 2.36. The van der Waals surface area contributed by atoms with Crippen LogP contribution in [0.15, 0.2) is 17.2 Å². The molecule has 1 atom stereocenters. The molecule has 1 aromatic heterocycles. The number of hydrogen-bond donors (Lipinski definition) is 0. The zero-order chi connectivity index (χ0) is 21.1. The Morgan fingerprint density at radius 3 is 2.67 bits per heavy atom. The first-order valence-electron chi connectivity index (χ1n) is 11.4. The maximum absolute atomic E-state index is 13.2. The molecule has 0 bridgehead atoms. The van der Waals surface area contributed by atoms with E-state index < -0.39 is 10.0 Å². The molecule has 0 N–H and O–H groups in total. The number of amides is 1. The maximum atomic E-state index is 13.2. The van der Waals surface area contributed by atoms with Gasteiger partial charge in [0.2, 0.25) is 10.0 Å². The van der Waals surface area contributed by atoms with E-state index in [1.165, 1.54) is 25.0 Å². The van der Waals surface area contributed by atoms with Crippen LogP contribution in [0.3, 0.4) is 0 Å². The van der Waals surface area contributed by atoms with E-state index in [2.05, 4.69) is 6.08 Å². The third-order valence-corrected chi connectivity index (χ3v) is 9.68. The molecule has 1 aromatic rings. The summed E-state index contributed by atoms with van der Waals surface area (Å²) in [5.74, 6) is 1.07. The van der Waals surface area contributed by atoms with Crippen LogP contribution in [0.4, 0.5) is 0 Å². The number of piperidine rings is 2. The van der Waals surface area contributed by atoms with Crippen LogP contribution in [-0.4, -0.2) is 53.9 Å². The van der Waals surface area contributed by atoms with Gasteiger partial charge in [-0.15, -0.1) is 11.3 Å².